The van der Waals surface area contributed by atoms with Gasteiger partial charge in [0.25, 0.3) is 0 Å². The third-order valence-electron chi connectivity index (χ3n) is 7.74. The van der Waals surface area contributed by atoms with Crippen LogP contribution in [-0.2, 0) is 51.9 Å². The molecular formula is C35H68O17P2S. The van der Waals surface area contributed by atoms with Crippen molar-refractivity contribution in [1.82, 2.24) is 0 Å². The lowest BCUT2D eigenvalue weighted by Gasteiger charge is -2.30. The standard InChI is InChI=1S/C35H68O17P2S/c1-8-33(39)51-25-32(24-49-31(26-52-34(4,5)6)22-46-15-12-27(2)3)50-23-30(48-20-29(38)19-36)21-47-16-18-55-17-13-28(37)11-9-10-14-35(40,53(7,41)42)54(43,44)45/h8,27,29-32,36,38,40H,1,9-26H2,2-7H3,(H,41,42)(H2,43,44,45). The SMILES string of the molecule is C=CC(=O)OCC(COC(COCCC(C)C)COC(C)(C)C)OCC(COCCSCCC(=O)CCCCC(O)(P(C)(=O)O)P(=O)(O)O)OCC(O)CO. The Morgan fingerprint density at radius 2 is 1.38 bits per heavy atom. The quantitative estimate of drug-likeness (QED) is 0.0232. The molecule has 0 spiro atoms. The molecule has 0 aromatic rings. The first-order chi connectivity index (χ1) is 25.5. The van der Waals surface area contributed by atoms with E-state index in [0.29, 0.717) is 30.7 Å². The monoisotopic (exact) mass is 854 g/mol. The molecule has 0 amide bonds. The molecule has 0 aromatic heterocycles. The highest BCUT2D eigenvalue weighted by molar-refractivity contribution is 7.99. The number of aliphatic hydroxyl groups excluding tert-OH is 2. The van der Waals surface area contributed by atoms with Crippen molar-refractivity contribution in [3.8, 4) is 0 Å². The van der Waals surface area contributed by atoms with Crippen LogP contribution in [0.15, 0.2) is 12.7 Å². The van der Waals surface area contributed by atoms with Gasteiger partial charge in [-0.1, -0.05) is 20.4 Å². The molecular weight excluding hydrogens is 786 g/mol. The van der Waals surface area contributed by atoms with E-state index in [1.807, 2.05) is 20.8 Å². The first-order valence-corrected chi connectivity index (χ1v) is 23.3. The number of aliphatic hydroxyl groups is 3. The molecule has 6 N–H and O–H groups in total. The van der Waals surface area contributed by atoms with Crippen molar-refractivity contribution in [3.05, 3.63) is 12.7 Å². The Bertz CT molecular complexity index is 1130. The van der Waals surface area contributed by atoms with E-state index >= 15 is 0 Å². The van der Waals surface area contributed by atoms with E-state index in [0.717, 1.165) is 12.5 Å². The fourth-order valence-electron chi connectivity index (χ4n) is 4.36. The van der Waals surface area contributed by atoms with Crippen molar-refractivity contribution in [2.24, 2.45) is 5.92 Å². The molecule has 0 fully saturated rings. The van der Waals surface area contributed by atoms with E-state index in [1.54, 1.807) is 0 Å². The summed E-state index contributed by atoms with van der Waals surface area (Å²) in [6.45, 7) is 14.7. The highest BCUT2D eigenvalue weighted by Gasteiger charge is 2.56. The molecule has 0 bridgehead atoms. The molecule has 326 valence electrons. The summed E-state index contributed by atoms with van der Waals surface area (Å²) >= 11 is 1.46. The number of carbonyl (C=O) groups excluding carboxylic acids is 2. The van der Waals surface area contributed by atoms with Crippen molar-refractivity contribution in [3.63, 3.8) is 0 Å². The summed E-state index contributed by atoms with van der Waals surface area (Å²) in [5.74, 6) is 0.757. The first kappa shape index (κ1) is 54.2. The summed E-state index contributed by atoms with van der Waals surface area (Å²) in [5.41, 5.74) is -0.406. The number of thioether (sulfide) groups is 1. The van der Waals surface area contributed by atoms with Gasteiger partial charge in [-0.25, -0.2) is 4.79 Å². The lowest BCUT2D eigenvalue weighted by molar-refractivity contribution is -0.156. The minimum absolute atomic E-state index is 0.0246. The van der Waals surface area contributed by atoms with Crippen molar-refractivity contribution < 1.29 is 81.9 Å². The van der Waals surface area contributed by atoms with E-state index in [1.165, 1.54) is 11.8 Å². The molecule has 0 aliphatic carbocycles. The van der Waals surface area contributed by atoms with Crippen LogP contribution < -0.4 is 0 Å². The average molecular weight is 855 g/mol. The van der Waals surface area contributed by atoms with Crippen molar-refractivity contribution >= 4 is 38.5 Å². The van der Waals surface area contributed by atoms with Gasteiger partial charge in [0.05, 0.1) is 58.5 Å². The van der Waals surface area contributed by atoms with Crippen LogP contribution in [0.2, 0.25) is 0 Å². The second-order valence-electron chi connectivity index (χ2n) is 14.6. The summed E-state index contributed by atoms with van der Waals surface area (Å²) in [5, 5.41) is 26.2. The van der Waals surface area contributed by atoms with Crippen LogP contribution in [-0.4, -0.2) is 161 Å². The molecule has 0 saturated heterocycles. The zero-order chi connectivity index (χ0) is 42.1. The highest BCUT2D eigenvalue weighted by Crippen LogP contribution is 2.69. The van der Waals surface area contributed by atoms with Gasteiger partial charge < -0.3 is 63.2 Å². The molecule has 0 saturated carbocycles. The maximum Gasteiger partial charge on any atom is 0.366 e. The van der Waals surface area contributed by atoms with Gasteiger partial charge in [0.15, 0.2) is 0 Å². The van der Waals surface area contributed by atoms with Gasteiger partial charge >= 0.3 is 13.6 Å². The number of rotatable bonds is 35. The Morgan fingerprint density at radius 3 is 1.91 bits per heavy atom. The Hall–Kier alpha value is -0.790. The molecule has 17 nitrogen and oxygen atoms in total. The van der Waals surface area contributed by atoms with E-state index in [-0.39, 0.29) is 84.3 Å². The highest BCUT2D eigenvalue weighted by atomic mass is 32.2. The average Bonchev–Trinajstić information content (AvgIpc) is 3.09. The number of hydrogen-bond donors (Lipinski definition) is 6. The number of ether oxygens (including phenoxy) is 7. The molecule has 0 aliphatic rings. The Balaban J connectivity index is 5.02. The predicted molar refractivity (Wildman–Crippen MR) is 208 cm³/mol. The summed E-state index contributed by atoms with van der Waals surface area (Å²) in [4.78, 5) is 52.5. The number of esters is 1. The number of Topliss-reactive ketones (excluding diaryl/α,β-unsaturated/α-hetero) is 1. The van der Waals surface area contributed by atoms with Gasteiger partial charge in [-0.05, 0) is 52.4 Å². The van der Waals surface area contributed by atoms with Gasteiger partial charge in [0.2, 0.25) is 12.5 Å². The fourth-order valence-corrected chi connectivity index (χ4v) is 8.12. The number of ketones is 1. The smallest absolute Gasteiger partial charge is 0.366 e. The van der Waals surface area contributed by atoms with Gasteiger partial charge in [0, 0.05) is 43.7 Å². The molecule has 6 unspecified atom stereocenters. The molecule has 6 atom stereocenters. The molecule has 0 aromatic carbocycles. The molecule has 20 heteroatoms. The Kier molecular flexibility index (Phi) is 28.2. The van der Waals surface area contributed by atoms with Crippen LogP contribution in [0.3, 0.4) is 0 Å². The molecule has 0 rings (SSSR count). The molecule has 0 radical (unpaired) electrons. The minimum atomic E-state index is -5.28. The fraction of sp³-hybridized carbons (Fsp3) is 0.886. The first-order valence-electron chi connectivity index (χ1n) is 18.4. The lowest BCUT2D eigenvalue weighted by atomic mass is 10.1. The van der Waals surface area contributed by atoms with E-state index in [2.05, 4.69) is 20.4 Å². The number of unbranched alkanes of at least 4 members (excludes halogenated alkanes) is 1. The maximum absolute atomic E-state index is 12.3. The van der Waals surface area contributed by atoms with Crippen molar-refractivity contribution in [1.29, 1.82) is 0 Å². The van der Waals surface area contributed by atoms with Crippen LogP contribution in [0, 0.1) is 5.92 Å². The van der Waals surface area contributed by atoms with E-state index < -0.39 is 69.1 Å². The number of hydrogen-bond acceptors (Lipinski definition) is 15. The zero-order valence-corrected chi connectivity index (χ0v) is 36.0. The second-order valence-corrected chi connectivity index (χ2v) is 20.5. The lowest BCUT2D eigenvalue weighted by Crippen LogP contribution is -2.38. The summed E-state index contributed by atoms with van der Waals surface area (Å²) in [7, 11) is -9.81. The summed E-state index contributed by atoms with van der Waals surface area (Å²) in [6.07, 6.45) is -1.17. The van der Waals surface area contributed by atoms with Crippen LogP contribution >= 0.6 is 26.7 Å². The minimum Gasteiger partial charge on any atom is -0.460 e. The van der Waals surface area contributed by atoms with E-state index in [9.17, 15) is 48.7 Å². The van der Waals surface area contributed by atoms with Gasteiger partial charge in [0.1, 0.15) is 36.8 Å². The third kappa shape index (κ3) is 26.8. The Morgan fingerprint density at radius 1 is 0.818 bits per heavy atom. The Labute approximate surface area is 330 Å². The topological polar surface area (TPSA) is 254 Å². The van der Waals surface area contributed by atoms with Gasteiger partial charge in [-0.2, -0.15) is 11.8 Å². The predicted octanol–water partition coefficient (Wildman–Crippen LogP) is 3.10. The number of carbonyl (C=O) groups is 2. The van der Waals surface area contributed by atoms with Crippen LogP contribution in [0.4, 0.5) is 0 Å². The normalized spacial score (nSPS) is 16.9. The van der Waals surface area contributed by atoms with E-state index in [4.69, 9.17) is 33.2 Å². The van der Waals surface area contributed by atoms with Crippen LogP contribution in [0.5, 0.6) is 0 Å². The van der Waals surface area contributed by atoms with Crippen LogP contribution in [0.25, 0.3) is 0 Å². The summed E-state index contributed by atoms with van der Waals surface area (Å²) < 4.78 is 64.2. The van der Waals surface area contributed by atoms with Crippen molar-refractivity contribution in [2.45, 2.75) is 108 Å². The molecule has 0 heterocycles. The molecule has 0 aliphatic heterocycles. The zero-order valence-electron chi connectivity index (χ0n) is 33.4. The third-order valence-corrected chi connectivity index (χ3v) is 13.3. The maximum atomic E-state index is 12.3. The van der Waals surface area contributed by atoms with Crippen LogP contribution in [0.1, 0.15) is 73.1 Å². The molecule has 55 heavy (non-hydrogen) atoms. The van der Waals surface area contributed by atoms with Gasteiger partial charge in [-0.15, -0.1) is 0 Å². The van der Waals surface area contributed by atoms with Crippen molar-refractivity contribution in [2.75, 3.05) is 84.2 Å². The largest absolute Gasteiger partial charge is 0.460 e. The summed E-state index contributed by atoms with van der Waals surface area (Å²) in [6, 6.07) is 0. The second kappa shape index (κ2) is 28.6. The van der Waals surface area contributed by atoms with Gasteiger partial charge in [-0.3, -0.25) is 13.9 Å².